The van der Waals surface area contributed by atoms with Crippen molar-refractivity contribution >= 4 is 17.6 Å². The molecule has 1 aromatic heterocycles. The SMILES string of the molecule is C[C@@H](OCc1ccc(F)c(-c2cc(NC(=O)[C@@H]3CNC(=O)C3)nn2-c2ccccc2)c1)C(F)(F)F. The van der Waals surface area contributed by atoms with Crippen LogP contribution in [0.15, 0.2) is 54.6 Å². The largest absolute Gasteiger partial charge is 0.414 e. The molecule has 1 aliphatic heterocycles. The van der Waals surface area contributed by atoms with Crippen molar-refractivity contribution in [2.24, 2.45) is 5.92 Å². The van der Waals surface area contributed by atoms with E-state index in [0.29, 0.717) is 11.3 Å². The monoisotopic (exact) mass is 490 g/mol. The summed E-state index contributed by atoms with van der Waals surface area (Å²) in [4.78, 5) is 24.0. The number of halogens is 4. The molecule has 11 heteroatoms. The van der Waals surface area contributed by atoms with Crippen LogP contribution in [0, 0.1) is 11.7 Å². The zero-order chi connectivity index (χ0) is 25.2. The predicted molar refractivity (Wildman–Crippen MR) is 119 cm³/mol. The average Bonchev–Trinajstić information content (AvgIpc) is 3.44. The maximum absolute atomic E-state index is 14.9. The number of nitrogens with zero attached hydrogens (tertiary/aromatic N) is 2. The molecule has 184 valence electrons. The maximum atomic E-state index is 14.9. The summed E-state index contributed by atoms with van der Waals surface area (Å²) >= 11 is 0. The number of nitrogens with one attached hydrogen (secondary N) is 2. The van der Waals surface area contributed by atoms with Gasteiger partial charge in [0.2, 0.25) is 11.8 Å². The number of alkyl halides is 3. The summed E-state index contributed by atoms with van der Waals surface area (Å²) < 4.78 is 59.6. The van der Waals surface area contributed by atoms with Crippen LogP contribution < -0.4 is 10.6 Å². The predicted octanol–water partition coefficient (Wildman–Crippen LogP) is 4.22. The summed E-state index contributed by atoms with van der Waals surface area (Å²) in [5, 5.41) is 9.65. The third-order valence-electron chi connectivity index (χ3n) is 5.58. The molecule has 2 amide bonds. The molecule has 0 spiro atoms. The van der Waals surface area contributed by atoms with Crippen LogP contribution in [-0.4, -0.2) is 40.4 Å². The first kappa shape index (κ1) is 24.4. The highest BCUT2D eigenvalue weighted by molar-refractivity contribution is 5.97. The lowest BCUT2D eigenvalue weighted by molar-refractivity contribution is -0.217. The van der Waals surface area contributed by atoms with Crippen molar-refractivity contribution in [3.05, 3.63) is 66.0 Å². The lowest BCUT2D eigenvalue weighted by Gasteiger charge is -2.17. The quantitative estimate of drug-likeness (QED) is 0.486. The van der Waals surface area contributed by atoms with Crippen molar-refractivity contribution in [2.75, 3.05) is 11.9 Å². The molecule has 1 aliphatic rings. The fourth-order valence-corrected chi connectivity index (χ4v) is 3.59. The second kappa shape index (κ2) is 9.87. The third-order valence-corrected chi connectivity index (χ3v) is 5.58. The molecule has 0 saturated carbocycles. The van der Waals surface area contributed by atoms with E-state index in [1.54, 1.807) is 30.3 Å². The summed E-state index contributed by atoms with van der Waals surface area (Å²) in [6.45, 7) is 0.737. The number of ether oxygens (including phenoxy) is 1. The molecule has 2 aromatic carbocycles. The Bertz CT molecular complexity index is 1230. The minimum Gasteiger partial charge on any atom is -0.364 e. The van der Waals surface area contributed by atoms with Gasteiger partial charge >= 0.3 is 6.18 Å². The van der Waals surface area contributed by atoms with Gasteiger partial charge in [-0.2, -0.15) is 13.2 Å². The van der Waals surface area contributed by atoms with Crippen LogP contribution in [0.5, 0.6) is 0 Å². The standard InChI is InChI=1S/C24H22F4N4O3/c1-14(24(26,27)28)35-13-15-7-8-19(25)18(9-15)20-11-21(30-23(34)16-10-22(33)29-12-16)31-32(20)17-5-3-2-4-6-17/h2-9,11,14,16H,10,12-13H2,1H3,(H,29,33)(H,30,31,34)/t14-,16+/m1/s1. The van der Waals surface area contributed by atoms with Gasteiger partial charge < -0.3 is 15.4 Å². The topological polar surface area (TPSA) is 85.2 Å². The molecule has 2 heterocycles. The van der Waals surface area contributed by atoms with Crippen molar-refractivity contribution in [1.29, 1.82) is 0 Å². The summed E-state index contributed by atoms with van der Waals surface area (Å²) in [7, 11) is 0. The number of aromatic nitrogens is 2. The smallest absolute Gasteiger partial charge is 0.364 e. The van der Waals surface area contributed by atoms with E-state index in [9.17, 15) is 27.2 Å². The first-order chi connectivity index (χ1) is 16.6. The maximum Gasteiger partial charge on any atom is 0.414 e. The number of carbonyl (C=O) groups excluding carboxylic acids is 2. The fraction of sp³-hybridized carbons (Fsp3) is 0.292. The van der Waals surface area contributed by atoms with Gasteiger partial charge in [0.15, 0.2) is 11.9 Å². The van der Waals surface area contributed by atoms with Crippen molar-refractivity contribution in [3.63, 3.8) is 0 Å². The van der Waals surface area contributed by atoms with E-state index in [1.165, 1.54) is 22.9 Å². The molecule has 1 saturated heterocycles. The number of benzene rings is 2. The van der Waals surface area contributed by atoms with Gasteiger partial charge in [-0.05, 0) is 36.8 Å². The van der Waals surface area contributed by atoms with Gasteiger partial charge in [0, 0.05) is 24.6 Å². The van der Waals surface area contributed by atoms with Gasteiger partial charge in [-0.3, -0.25) is 9.59 Å². The summed E-state index contributed by atoms with van der Waals surface area (Å²) in [5.41, 5.74) is 1.25. The highest BCUT2D eigenvalue weighted by Crippen LogP contribution is 2.30. The second-order valence-electron chi connectivity index (χ2n) is 8.17. The minimum atomic E-state index is -4.51. The van der Waals surface area contributed by atoms with Gasteiger partial charge in [-0.25, -0.2) is 9.07 Å². The number of hydrogen-bond acceptors (Lipinski definition) is 4. The molecule has 35 heavy (non-hydrogen) atoms. The van der Waals surface area contributed by atoms with Crippen LogP contribution in [0.3, 0.4) is 0 Å². The number of hydrogen-bond donors (Lipinski definition) is 2. The van der Waals surface area contributed by atoms with Crippen LogP contribution in [0.25, 0.3) is 16.9 Å². The normalized spacial score (nSPS) is 16.7. The molecule has 2 N–H and O–H groups in total. The Morgan fingerprint density at radius 1 is 1.23 bits per heavy atom. The third kappa shape index (κ3) is 5.68. The van der Waals surface area contributed by atoms with Crippen LogP contribution in [0.2, 0.25) is 0 Å². The highest BCUT2D eigenvalue weighted by atomic mass is 19.4. The molecule has 0 unspecified atom stereocenters. The van der Waals surface area contributed by atoms with Crippen LogP contribution in [-0.2, 0) is 20.9 Å². The van der Waals surface area contributed by atoms with Crippen LogP contribution in [0.4, 0.5) is 23.4 Å². The molecule has 0 bridgehead atoms. The molecule has 0 aliphatic carbocycles. The van der Waals surface area contributed by atoms with E-state index in [2.05, 4.69) is 15.7 Å². The number of para-hydroxylation sites is 1. The van der Waals surface area contributed by atoms with Crippen LogP contribution >= 0.6 is 0 Å². The molecule has 1 fully saturated rings. The summed E-state index contributed by atoms with van der Waals surface area (Å²) in [5.74, 6) is -1.67. The molecular formula is C24H22F4N4O3. The van der Waals surface area contributed by atoms with Gasteiger partial charge in [0.25, 0.3) is 0 Å². The van der Waals surface area contributed by atoms with Gasteiger partial charge in [0.1, 0.15) is 5.82 Å². The Morgan fingerprint density at radius 3 is 2.63 bits per heavy atom. The zero-order valence-electron chi connectivity index (χ0n) is 18.6. The van der Waals surface area contributed by atoms with Gasteiger partial charge in [-0.1, -0.05) is 24.3 Å². The fourth-order valence-electron chi connectivity index (χ4n) is 3.59. The number of amides is 2. The van der Waals surface area contributed by atoms with Crippen molar-refractivity contribution < 1.29 is 31.9 Å². The lowest BCUT2D eigenvalue weighted by atomic mass is 10.1. The lowest BCUT2D eigenvalue weighted by Crippen LogP contribution is -2.28. The Labute approximate surface area is 198 Å². The van der Waals surface area contributed by atoms with Crippen molar-refractivity contribution in [2.45, 2.75) is 32.2 Å². The number of anilines is 1. The molecule has 2 atom stereocenters. The molecule has 3 aromatic rings. The second-order valence-corrected chi connectivity index (χ2v) is 8.17. The van der Waals surface area contributed by atoms with Crippen molar-refractivity contribution in [1.82, 2.24) is 15.1 Å². The minimum absolute atomic E-state index is 0.0606. The van der Waals surface area contributed by atoms with E-state index in [1.807, 2.05) is 0 Å². The first-order valence-electron chi connectivity index (χ1n) is 10.8. The van der Waals surface area contributed by atoms with Crippen molar-refractivity contribution in [3.8, 4) is 16.9 Å². The van der Waals surface area contributed by atoms with Gasteiger partial charge in [0.05, 0.1) is 23.9 Å². The Kier molecular flexibility index (Phi) is 6.88. The zero-order valence-corrected chi connectivity index (χ0v) is 18.6. The first-order valence-corrected chi connectivity index (χ1v) is 10.8. The van der Waals surface area contributed by atoms with E-state index in [4.69, 9.17) is 4.74 Å². The van der Waals surface area contributed by atoms with E-state index >= 15 is 0 Å². The Morgan fingerprint density at radius 2 is 1.97 bits per heavy atom. The Hall–Kier alpha value is -3.73. The Balaban J connectivity index is 1.66. The van der Waals surface area contributed by atoms with Crippen LogP contribution in [0.1, 0.15) is 18.9 Å². The molecule has 4 rings (SSSR count). The number of rotatable bonds is 7. The summed E-state index contributed by atoms with van der Waals surface area (Å²) in [6.07, 6.45) is -6.43. The highest BCUT2D eigenvalue weighted by Gasteiger charge is 2.37. The molecule has 7 nitrogen and oxygen atoms in total. The van der Waals surface area contributed by atoms with E-state index in [0.717, 1.165) is 13.0 Å². The summed E-state index contributed by atoms with van der Waals surface area (Å²) in [6, 6.07) is 14.1. The van der Waals surface area contributed by atoms with E-state index in [-0.39, 0.29) is 42.6 Å². The van der Waals surface area contributed by atoms with E-state index < -0.39 is 29.9 Å². The number of carbonyl (C=O) groups is 2. The molecular weight excluding hydrogens is 468 g/mol. The van der Waals surface area contributed by atoms with Gasteiger partial charge in [-0.15, -0.1) is 5.10 Å². The molecule has 0 radical (unpaired) electrons. The average molecular weight is 490 g/mol.